The van der Waals surface area contributed by atoms with Gasteiger partial charge in [-0.1, -0.05) is 0 Å². The van der Waals surface area contributed by atoms with E-state index < -0.39 is 29.0 Å². The number of hydrogen-bond acceptors (Lipinski definition) is 5. The van der Waals surface area contributed by atoms with Crippen molar-refractivity contribution >= 4 is 28.2 Å². The predicted octanol–water partition coefficient (Wildman–Crippen LogP) is 4.22. The van der Waals surface area contributed by atoms with Crippen LogP contribution in [0.15, 0.2) is 18.2 Å². The summed E-state index contributed by atoms with van der Waals surface area (Å²) in [7, 11) is 1.27. The van der Waals surface area contributed by atoms with Gasteiger partial charge in [-0.15, -0.1) is 11.3 Å². The van der Waals surface area contributed by atoms with Gasteiger partial charge in [0.05, 0.1) is 18.2 Å². The molecule has 0 saturated carbocycles. The Kier molecular flexibility index (Phi) is 5.05. The van der Waals surface area contributed by atoms with Crippen molar-refractivity contribution in [2.45, 2.75) is 45.2 Å². The van der Waals surface area contributed by atoms with Gasteiger partial charge in [-0.2, -0.15) is 0 Å². The molecule has 0 atom stereocenters. The fraction of sp³-hybridized carbons (Fsp3) is 0.400. The van der Waals surface area contributed by atoms with Crippen molar-refractivity contribution in [3.05, 3.63) is 51.4 Å². The standard InChI is InChI=1S/C20H22F2N2O3S/c1-19(2)9-12-14(18(26)27-5)17(28-15(12)20(3,4)24-19)23-16(25)11-7-6-10(21)8-13(11)22/h6-8,24H,9H2,1-5H3,(H,23,25). The van der Waals surface area contributed by atoms with Crippen molar-refractivity contribution in [2.75, 3.05) is 12.4 Å². The summed E-state index contributed by atoms with van der Waals surface area (Å²) in [6.07, 6.45) is 0.563. The number of halogens is 2. The van der Waals surface area contributed by atoms with E-state index in [0.29, 0.717) is 12.5 Å². The minimum absolute atomic E-state index is 0.273. The van der Waals surface area contributed by atoms with E-state index in [2.05, 4.69) is 10.6 Å². The van der Waals surface area contributed by atoms with Crippen molar-refractivity contribution < 1.29 is 23.1 Å². The van der Waals surface area contributed by atoms with Gasteiger partial charge in [0.1, 0.15) is 16.6 Å². The summed E-state index contributed by atoms with van der Waals surface area (Å²) in [5.41, 5.74) is 0.0714. The second-order valence-corrected chi connectivity index (χ2v) is 9.02. The minimum atomic E-state index is -0.971. The fourth-order valence-electron chi connectivity index (χ4n) is 3.78. The molecule has 0 unspecified atom stereocenters. The average molecular weight is 408 g/mol. The van der Waals surface area contributed by atoms with E-state index in [1.165, 1.54) is 18.4 Å². The summed E-state index contributed by atoms with van der Waals surface area (Å²) in [6, 6.07) is 2.72. The Morgan fingerprint density at radius 2 is 1.89 bits per heavy atom. The molecule has 8 heteroatoms. The van der Waals surface area contributed by atoms with Gasteiger partial charge in [0.25, 0.3) is 5.91 Å². The largest absolute Gasteiger partial charge is 0.465 e. The lowest BCUT2D eigenvalue weighted by Gasteiger charge is -2.42. The Morgan fingerprint density at radius 3 is 2.50 bits per heavy atom. The molecule has 0 radical (unpaired) electrons. The first-order valence-electron chi connectivity index (χ1n) is 8.75. The summed E-state index contributed by atoms with van der Waals surface area (Å²) < 4.78 is 32.0. The van der Waals surface area contributed by atoms with Crippen LogP contribution in [-0.4, -0.2) is 24.5 Å². The van der Waals surface area contributed by atoms with Crippen LogP contribution in [0.5, 0.6) is 0 Å². The summed E-state index contributed by atoms with van der Waals surface area (Å²) in [5.74, 6) is -3.07. The quantitative estimate of drug-likeness (QED) is 0.746. The number of nitrogens with one attached hydrogen (secondary N) is 2. The highest BCUT2D eigenvalue weighted by Crippen LogP contribution is 2.45. The number of esters is 1. The third-order valence-corrected chi connectivity index (χ3v) is 6.11. The molecule has 1 aliphatic rings. The normalized spacial score (nSPS) is 17.0. The van der Waals surface area contributed by atoms with Crippen LogP contribution in [0.4, 0.5) is 13.8 Å². The van der Waals surface area contributed by atoms with E-state index in [9.17, 15) is 18.4 Å². The second kappa shape index (κ2) is 6.93. The summed E-state index contributed by atoms with van der Waals surface area (Å²) in [5, 5.41) is 6.43. The Morgan fingerprint density at radius 1 is 1.21 bits per heavy atom. The Labute approximate surface area is 166 Å². The van der Waals surface area contributed by atoms with Gasteiger partial charge in [0.2, 0.25) is 0 Å². The SMILES string of the molecule is COC(=O)c1c(NC(=O)c2ccc(F)cc2F)sc2c1CC(C)(C)NC2(C)C. The van der Waals surface area contributed by atoms with Gasteiger partial charge in [0, 0.05) is 22.0 Å². The van der Waals surface area contributed by atoms with E-state index >= 15 is 0 Å². The van der Waals surface area contributed by atoms with Gasteiger partial charge >= 0.3 is 5.97 Å². The number of hydrogen-bond donors (Lipinski definition) is 2. The number of anilines is 1. The smallest absolute Gasteiger partial charge is 0.341 e. The molecule has 1 amide bonds. The van der Waals surface area contributed by atoms with Crippen molar-refractivity contribution in [1.82, 2.24) is 5.32 Å². The van der Waals surface area contributed by atoms with Gasteiger partial charge in [-0.25, -0.2) is 13.6 Å². The molecule has 0 aliphatic carbocycles. The maximum absolute atomic E-state index is 14.0. The molecule has 1 aromatic heterocycles. The molecule has 28 heavy (non-hydrogen) atoms. The van der Waals surface area contributed by atoms with E-state index in [4.69, 9.17) is 4.74 Å². The van der Waals surface area contributed by atoms with Crippen molar-refractivity contribution in [3.8, 4) is 0 Å². The van der Waals surface area contributed by atoms with Crippen LogP contribution in [0, 0.1) is 11.6 Å². The van der Waals surface area contributed by atoms with Crippen molar-refractivity contribution in [3.63, 3.8) is 0 Å². The first-order chi connectivity index (χ1) is 12.9. The molecule has 3 rings (SSSR count). The van der Waals surface area contributed by atoms with E-state index in [1.54, 1.807) is 0 Å². The predicted molar refractivity (Wildman–Crippen MR) is 104 cm³/mol. The first-order valence-corrected chi connectivity index (χ1v) is 9.57. The average Bonchev–Trinajstić information content (AvgIpc) is 2.90. The van der Waals surface area contributed by atoms with Crippen LogP contribution < -0.4 is 10.6 Å². The lowest BCUT2D eigenvalue weighted by atomic mass is 9.81. The molecule has 1 aromatic carbocycles. The molecule has 2 N–H and O–H groups in total. The molecule has 0 spiro atoms. The number of methoxy groups -OCH3 is 1. The molecule has 1 aliphatic heterocycles. The van der Waals surface area contributed by atoms with E-state index in [-0.39, 0.29) is 21.7 Å². The molecular weight excluding hydrogens is 386 g/mol. The summed E-state index contributed by atoms with van der Waals surface area (Å²) in [4.78, 5) is 26.0. The molecule has 150 valence electrons. The molecular formula is C20H22F2N2O3S. The van der Waals surface area contributed by atoms with E-state index in [0.717, 1.165) is 22.6 Å². The third kappa shape index (κ3) is 3.66. The van der Waals surface area contributed by atoms with Gasteiger partial charge < -0.3 is 15.4 Å². The number of ether oxygens (including phenoxy) is 1. The molecule has 0 bridgehead atoms. The van der Waals surface area contributed by atoms with Crippen LogP contribution in [-0.2, 0) is 16.7 Å². The Balaban J connectivity index is 2.08. The lowest BCUT2D eigenvalue weighted by Crippen LogP contribution is -2.55. The molecule has 2 aromatic rings. The van der Waals surface area contributed by atoms with Crippen LogP contribution in [0.25, 0.3) is 0 Å². The summed E-state index contributed by atoms with van der Waals surface area (Å²) in [6.45, 7) is 8.05. The number of rotatable bonds is 3. The van der Waals surface area contributed by atoms with Crippen LogP contribution in [0.2, 0.25) is 0 Å². The topological polar surface area (TPSA) is 67.4 Å². The highest BCUT2D eigenvalue weighted by molar-refractivity contribution is 7.17. The number of thiophene rings is 1. The highest BCUT2D eigenvalue weighted by Gasteiger charge is 2.42. The maximum Gasteiger partial charge on any atom is 0.341 e. The molecule has 2 heterocycles. The van der Waals surface area contributed by atoms with Gasteiger partial charge in [-0.05, 0) is 51.8 Å². The number of carbonyl (C=O) groups is 2. The van der Waals surface area contributed by atoms with Crippen molar-refractivity contribution in [2.24, 2.45) is 0 Å². The number of fused-ring (bicyclic) bond motifs is 1. The monoisotopic (exact) mass is 408 g/mol. The first kappa shape index (κ1) is 20.4. The molecule has 0 fully saturated rings. The fourth-order valence-corrected chi connectivity index (χ4v) is 5.04. The highest BCUT2D eigenvalue weighted by atomic mass is 32.1. The van der Waals surface area contributed by atoms with Crippen LogP contribution in [0.1, 0.15) is 58.9 Å². The number of carbonyl (C=O) groups excluding carboxylic acids is 2. The zero-order chi connectivity index (χ0) is 20.9. The third-order valence-electron chi connectivity index (χ3n) is 4.64. The van der Waals surface area contributed by atoms with Crippen LogP contribution >= 0.6 is 11.3 Å². The Bertz CT molecular complexity index is 967. The van der Waals surface area contributed by atoms with Gasteiger partial charge in [0.15, 0.2) is 0 Å². The second-order valence-electron chi connectivity index (χ2n) is 7.99. The van der Waals surface area contributed by atoms with Crippen LogP contribution in [0.3, 0.4) is 0 Å². The summed E-state index contributed by atoms with van der Waals surface area (Å²) >= 11 is 1.25. The number of benzene rings is 1. The minimum Gasteiger partial charge on any atom is -0.465 e. The number of amides is 1. The van der Waals surface area contributed by atoms with E-state index in [1.807, 2.05) is 27.7 Å². The molecule has 5 nitrogen and oxygen atoms in total. The van der Waals surface area contributed by atoms with Gasteiger partial charge in [-0.3, -0.25) is 4.79 Å². The zero-order valence-electron chi connectivity index (χ0n) is 16.3. The maximum atomic E-state index is 14.0. The van der Waals surface area contributed by atoms with Crippen molar-refractivity contribution in [1.29, 1.82) is 0 Å². The molecule has 0 saturated heterocycles. The zero-order valence-corrected chi connectivity index (χ0v) is 17.1. The lowest BCUT2D eigenvalue weighted by molar-refractivity contribution is 0.0600. The Hall–Kier alpha value is -2.32.